The third-order valence-corrected chi connectivity index (χ3v) is 3.04. The summed E-state index contributed by atoms with van der Waals surface area (Å²) < 4.78 is 0. The van der Waals surface area contributed by atoms with Gasteiger partial charge in [0.1, 0.15) is 0 Å². The highest BCUT2D eigenvalue weighted by molar-refractivity contribution is 5.86. The molecule has 6 heteroatoms. The molecule has 1 heterocycles. The van der Waals surface area contributed by atoms with Crippen LogP contribution in [0.25, 0.3) is 0 Å². The van der Waals surface area contributed by atoms with Crippen molar-refractivity contribution < 1.29 is 4.79 Å². The van der Waals surface area contributed by atoms with E-state index in [1.807, 2.05) is 0 Å². The van der Waals surface area contributed by atoms with Gasteiger partial charge in [0.05, 0.1) is 5.69 Å². The van der Waals surface area contributed by atoms with E-state index in [0.29, 0.717) is 0 Å². The normalized spacial score (nSPS) is 11.9. The van der Waals surface area contributed by atoms with E-state index in [2.05, 4.69) is 34.4 Å². The minimum Gasteiger partial charge on any atom is -0.341 e. The van der Waals surface area contributed by atoms with E-state index in [4.69, 9.17) is 0 Å². The molecule has 0 aliphatic carbocycles. The van der Waals surface area contributed by atoms with Gasteiger partial charge in [-0.15, -0.1) is 0 Å². The smallest absolute Gasteiger partial charge is 0.321 e. The predicted molar refractivity (Wildman–Crippen MR) is 75.5 cm³/mol. The molecular weight excluding hydrogens is 244 g/mol. The van der Waals surface area contributed by atoms with E-state index in [1.165, 1.54) is 13.1 Å². The van der Waals surface area contributed by atoms with Crippen LogP contribution in [0.5, 0.6) is 0 Å². The highest BCUT2D eigenvalue weighted by atomic mass is 16.2. The van der Waals surface area contributed by atoms with Crippen molar-refractivity contribution in [3.63, 3.8) is 0 Å². The standard InChI is InChI=1S/C13H22N4O2/c1-4-6-7-9(5-2)10-8-11(18)16-12(15-10)17-13(19)14-3/h8-9H,4-7H2,1-3H3,(H3,14,15,16,17,18,19). The fraction of sp³-hybridized carbons (Fsp3) is 0.615. The zero-order valence-electron chi connectivity index (χ0n) is 11.7. The number of amides is 2. The van der Waals surface area contributed by atoms with Crippen molar-refractivity contribution in [3.8, 4) is 0 Å². The molecule has 0 fully saturated rings. The topological polar surface area (TPSA) is 86.9 Å². The Morgan fingerprint density at radius 3 is 2.79 bits per heavy atom. The predicted octanol–water partition coefficient (Wildman–Crippen LogP) is 2.21. The number of nitrogens with zero attached hydrogens (tertiary/aromatic N) is 1. The van der Waals surface area contributed by atoms with Crippen molar-refractivity contribution in [1.82, 2.24) is 15.3 Å². The summed E-state index contributed by atoms with van der Waals surface area (Å²) >= 11 is 0. The molecule has 1 atom stereocenters. The average Bonchev–Trinajstić information content (AvgIpc) is 2.39. The van der Waals surface area contributed by atoms with Gasteiger partial charge in [-0.1, -0.05) is 26.7 Å². The molecule has 0 saturated carbocycles. The minimum atomic E-state index is -0.401. The van der Waals surface area contributed by atoms with Crippen LogP contribution in [0.4, 0.5) is 10.7 Å². The average molecular weight is 266 g/mol. The van der Waals surface area contributed by atoms with Gasteiger partial charge in [-0.25, -0.2) is 9.78 Å². The molecule has 0 aliphatic heterocycles. The second-order valence-corrected chi connectivity index (χ2v) is 4.47. The lowest BCUT2D eigenvalue weighted by molar-refractivity contribution is 0.253. The molecule has 0 saturated heterocycles. The van der Waals surface area contributed by atoms with Crippen LogP contribution in [0.15, 0.2) is 10.9 Å². The Kier molecular flexibility index (Phi) is 6.05. The van der Waals surface area contributed by atoms with E-state index in [1.54, 1.807) is 0 Å². The summed E-state index contributed by atoms with van der Waals surface area (Å²) in [6.45, 7) is 4.21. The van der Waals surface area contributed by atoms with Gasteiger partial charge in [-0.05, 0) is 12.8 Å². The van der Waals surface area contributed by atoms with E-state index in [9.17, 15) is 9.59 Å². The summed E-state index contributed by atoms with van der Waals surface area (Å²) in [4.78, 5) is 29.7. The van der Waals surface area contributed by atoms with Crippen molar-refractivity contribution in [2.24, 2.45) is 0 Å². The zero-order chi connectivity index (χ0) is 14.3. The van der Waals surface area contributed by atoms with E-state index in [0.717, 1.165) is 31.4 Å². The monoisotopic (exact) mass is 266 g/mol. The Hall–Kier alpha value is -1.85. The number of unbranched alkanes of at least 4 members (excludes halogenated alkanes) is 1. The summed E-state index contributed by atoms with van der Waals surface area (Å²) in [5, 5.41) is 4.91. The first kappa shape index (κ1) is 15.2. The first-order valence-electron chi connectivity index (χ1n) is 6.70. The molecule has 0 aliphatic rings. The molecule has 3 N–H and O–H groups in total. The Morgan fingerprint density at radius 2 is 2.21 bits per heavy atom. The Balaban J connectivity index is 2.93. The molecule has 6 nitrogen and oxygen atoms in total. The maximum atomic E-state index is 11.6. The largest absolute Gasteiger partial charge is 0.341 e. The first-order valence-corrected chi connectivity index (χ1v) is 6.70. The fourth-order valence-electron chi connectivity index (χ4n) is 1.93. The lowest BCUT2D eigenvalue weighted by atomic mass is 9.96. The number of urea groups is 1. The van der Waals surface area contributed by atoms with E-state index < -0.39 is 6.03 Å². The maximum Gasteiger partial charge on any atom is 0.321 e. The lowest BCUT2D eigenvalue weighted by Crippen LogP contribution is -2.27. The molecule has 1 aromatic rings. The van der Waals surface area contributed by atoms with Crippen molar-refractivity contribution >= 4 is 12.0 Å². The third kappa shape index (κ3) is 4.73. The minimum absolute atomic E-state index is 0.191. The number of carbonyl (C=O) groups is 1. The van der Waals surface area contributed by atoms with E-state index >= 15 is 0 Å². The van der Waals surface area contributed by atoms with Crippen LogP contribution < -0.4 is 16.2 Å². The second-order valence-electron chi connectivity index (χ2n) is 4.47. The number of rotatable bonds is 6. The van der Waals surface area contributed by atoms with Crippen LogP contribution >= 0.6 is 0 Å². The van der Waals surface area contributed by atoms with Crippen LogP contribution in [-0.2, 0) is 0 Å². The SMILES string of the molecule is CCCCC(CC)c1cc(=O)[nH]c(NC(=O)NC)n1. The Labute approximate surface area is 113 Å². The van der Waals surface area contributed by atoms with Gasteiger partial charge in [0.15, 0.2) is 0 Å². The van der Waals surface area contributed by atoms with Crippen molar-refractivity contribution in [1.29, 1.82) is 0 Å². The van der Waals surface area contributed by atoms with Gasteiger partial charge in [0.25, 0.3) is 5.56 Å². The van der Waals surface area contributed by atoms with Crippen molar-refractivity contribution in [2.75, 3.05) is 12.4 Å². The fourth-order valence-corrected chi connectivity index (χ4v) is 1.93. The van der Waals surface area contributed by atoms with Crippen LogP contribution in [-0.4, -0.2) is 23.0 Å². The van der Waals surface area contributed by atoms with Gasteiger partial charge in [0.2, 0.25) is 5.95 Å². The number of nitrogens with one attached hydrogen (secondary N) is 3. The number of hydrogen-bond acceptors (Lipinski definition) is 3. The summed E-state index contributed by atoms with van der Waals surface area (Å²) in [5.74, 6) is 0.448. The number of aromatic nitrogens is 2. The first-order chi connectivity index (χ1) is 9.10. The van der Waals surface area contributed by atoms with Gasteiger partial charge in [-0.3, -0.25) is 15.1 Å². The highest BCUT2D eigenvalue weighted by Gasteiger charge is 2.13. The van der Waals surface area contributed by atoms with Crippen molar-refractivity contribution in [2.45, 2.75) is 45.4 Å². The van der Waals surface area contributed by atoms with Gasteiger partial charge in [0, 0.05) is 19.0 Å². The molecule has 0 aromatic carbocycles. The molecule has 19 heavy (non-hydrogen) atoms. The second kappa shape index (κ2) is 7.56. The maximum absolute atomic E-state index is 11.6. The summed E-state index contributed by atoms with van der Waals surface area (Å²) in [6.07, 6.45) is 4.15. The van der Waals surface area contributed by atoms with Crippen LogP contribution in [0.2, 0.25) is 0 Å². The van der Waals surface area contributed by atoms with Crippen molar-refractivity contribution in [3.05, 3.63) is 22.1 Å². The third-order valence-electron chi connectivity index (χ3n) is 3.04. The number of H-pyrrole nitrogens is 1. The highest BCUT2D eigenvalue weighted by Crippen LogP contribution is 2.23. The van der Waals surface area contributed by atoms with Crippen LogP contribution in [0, 0.1) is 0 Å². The summed E-state index contributed by atoms with van der Waals surface area (Å²) in [7, 11) is 1.51. The van der Waals surface area contributed by atoms with Crippen LogP contribution in [0.1, 0.15) is 51.1 Å². The molecule has 106 valence electrons. The number of anilines is 1. The molecule has 2 amide bonds. The Morgan fingerprint density at radius 1 is 1.47 bits per heavy atom. The number of aromatic amines is 1. The molecule has 0 radical (unpaired) electrons. The van der Waals surface area contributed by atoms with Gasteiger partial charge >= 0.3 is 6.03 Å². The molecule has 1 aromatic heterocycles. The van der Waals surface area contributed by atoms with Gasteiger partial charge in [-0.2, -0.15) is 0 Å². The summed E-state index contributed by atoms with van der Waals surface area (Å²) in [6, 6.07) is 1.11. The number of hydrogen-bond donors (Lipinski definition) is 3. The molecule has 1 rings (SSSR count). The summed E-state index contributed by atoms with van der Waals surface area (Å²) in [5.41, 5.74) is 0.498. The van der Waals surface area contributed by atoms with E-state index in [-0.39, 0.29) is 17.4 Å². The zero-order valence-corrected chi connectivity index (χ0v) is 11.7. The lowest BCUT2D eigenvalue weighted by Gasteiger charge is -2.14. The Bertz CT molecular complexity index is 470. The number of carbonyl (C=O) groups excluding carboxylic acids is 1. The molecule has 1 unspecified atom stereocenters. The molecular formula is C13H22N4O2. The van der Waals surface area contributed by atoms with Gasteiger partial charge < -0.3 is 5.32 Å². The quantitative estimate of drug-likeness (QED) is 0.737. The molecule has 0 spiro atoms. The van der Waals surface area contributed by atoms with Crippen LogP contribution in [0.3, 0.4) is 0 Å². The molecule has 0 bridgehead atoms.